The summed E-state index contributed by atoms with van der Waals surface area (Å²) in [5, 5.41) is 2.57. The lowest BCUT2D eigenvalue weighted by atomic mass is 9.98. The van der Waals surface area contributed by atoms with E-state index in [1.165, 1.54) is 10.6 Å². The molecule has 2 aliphatic rings. The maximum absolute atomic E-state index is 14.2. The van der Waals surface area contributed by atoms with Crippen molar-refractivity contribution in [3.63, 3.8) is 0 Å². The van der Waals surface area contributed by atoms with Crippen molar-refractivity contribution in [2.45, 2.75) is 117 Å². The smallest absolute Gasteiger partial charge is 0.354 e. The lowest BCUT2D eigenvalue weighted by molar-refractivity contribution is -0.312. The maximum Gasteiger partial charge on any atom is 0.398 e. The van der Waals surface area contributed by atoms with Crippen molar-refractivity contribution in [3.05, 3.63) is 0 Å². The van der Waals surface area contributed by atoms with Crippen molar-refractivity contribution in [1.29, 1.82) is 0 Å². The summed E-state index contributed by atoms with van der Waals surface area (Å²) in [5.74, 6) is -5.56. The Kier molecular flexibility index (Phi) is 37.8. The molecule has 2 fully saturated rings. The van der Waals surface area contributed by atoms with E-state index < -0.39 is 334 Å². The second kappa shape index (κ2) is 40.4. The van der Waals surface area contributed by atoms with E-state index in [1.54, 1.807) is 0 Å². The van der Waals surface area contributed by atoms with Crippen molar-refractivity contribution in [3.8, 4) is 0 Å². The van der Waals surface area contributed by atoms with Crippen LogP contribution in [0.25, 0.3) is 0 Å². The highest BCUT2D eigenvalue weighted by Crippen LogP contribution is 2.38. The average molecular weight is 2040 g/mol. The van der Waals surface area contributed by atoms with Crippen LogP contribution in [0.15, 0.2) is 0 Å². The Labute approximate surface area is 643 Å². The van der Waals surface area contributed by atoms with Gasteiger partial charge in [0.1, 0.15) is 73.2 Å². The third kappa shape index (κ3) is 46.0. The molecule has 2 rings (SSSR count). The van der Waals surface area contributed by atoms with Gasteiger partial charge in [-0.3, -0.25) is 82.4 Å². The van der Waals surface area contributed by atoms with E-state index in [1.807, 2.05) is 0 Å². The molecule has 72 nitrogen and oxygen atoms in total. The summed E-state index contributed by atoms with van der Waals surface area (Å²) >= 11 is 0. The molecular weight excluding hydrogens is 1990 g/mol. The van der Waals surface area contributed by atoms with Crippen LogP contribution < -0.4 is 10.6 Å². The first kappa shape index (κ1) is 108. The zero-order valence-corrected chi connectivity index (χ0v) is 66.1. The average Bonchev–Trinajstić information content (AvgIpc) is 0.766. The molecule has 0 aromatic rings. The number of carbonyl (C=O) groups excluding carboxylic acids is 2. The van der Waals surface area contributed by atoms with Gasteiger partial charge in [0.05, 0.1) is 26.4 Å². The van der Waals surface area contributed by atoms with Crippen LogP contribution >= 0.6 is 0 Å². The molecule has 2 saturated heterocycles. The molecule has 0 aliphatic carbocycles. The summed E-state index contributed by atoms with van der Waals surface area (Å²) < 4.78 is 628. The third-order valence-electron chi connectivity index (χ3n) is 11.5. The summed E-state index contributed by atoms with van der Waals surface area (Å²) in [6, 6.07) is 0. The van der Waals surface area contributed by atoms with Gasteiger partial charge < -0.3 is 29.6 Å². The molecule has 88 heteroatoms. The largest absolute Gasteiger partial charge is 0.398 e. The summed E-state index contributed by atoms with van der Waals surface area (Å²) in [6.07, 6.45) is -72.6. The second-order valence-corrected chi connectivity index (χ2v) is 36.9. The van der Waals surface area contributed by atoms with E-state index >= 15 is 0 Å². The minimum absolute atomic E-state index is 1.29. The fraction of sp³-hybridized carbons (Fsp3) is 0.926. The molecule has 684 valence electrons. The molecule has 0 unspecified atom stereocenters. The predicted octanol–water partition coefficient (Wildman–Crippen LogP) is -14.6. The third-order valence-corrected chi connectivity index (χ3v) is 18.9. The molecule has 115 heavy (non-hydrogen) atoms. The van der Waals surface area contributed by atoms with Crippen LogP contribution in [0.4, 0.5) is 0 Å². The molecule has 0 aromatic carbocycles. The first-order valence-corrected chi connectivity index (χ1v) is 48.1. The molecule has 0 bridgehead atoms. The Balaban J connectivity index is 3.25. The molecule has 0 saturated carbocycles. The van der Waals surface area contributed by atoms with Crippen LogP contribution in [-0.4, -0.2) is 369 Å². The van der Waals surface area contributed by atoms with Gasteiger partial charge in [-0.2, -0.15) is 135 Å². The summed E-state index contributed by atoms with van der Waals surface area (Å²) in [4.78, 5) is 28.4. The number of nitrogens with one attached hydrogen (secondary N) is 2. The molecule has 0 aromatic heterocycles. The molecule has 2 heterocycles. The molecule has 18 N–H and O–H groups in total. The van der Waals surface area contributed by atoms with Crippen LogP contribution in [0.3, 0.4) is 0 Å². The van der Waals surface area contributed by atoms with Gasteiger partial charge in [0.2, 0.25) is 0 Å². The number of rotatable bonds is 52. The van der Waals surface area contributed by atoms with Gasteiger partial charge in [-0.15, -0.1) is 0 Å². The van der Waals surface area contributed by atoms with E-state index in [2.05, 4.69) is 66.9 Å². The SMILES string of the molecule is O=C(NCCCNC(=O)[C@H](OS(=O)(=O)O)[C@@H](OS(=O)(=O)O)[C@H](O[C@@H]1O[C@H](COS(=O)(=O)O)[C@H](OS(=O)(=O)O)[C@H](OS(=O)(=O)O)[C@H]1OS(=O)(=O)O)[C@@H](COS(=O)(=O)O)OS(=O)(=O)O)[C@@H](OS(=O)(=O)O)[C@H](OS(=O)(=O)O)[C@@H](O[C@H]1O[C@@H](COS(=O)(=O)O)[C@@H](OS(=O)(=O)O)[C@@H](OS(=O)(=O)O)[C@@H]1OS(=O)(=O)O)[C@H](COS(=O)(=O)O)OS(=O)(=O)O. The molecule has 18 atom stereocenters. The molecule has 0 radical (unpaired) electrons. The first-order chi connectivity index (χ1) is 50.8. The van der Waals surface area contributed by atoms with E-state index in [0.717, 1.165) is 0 Å². The predicted molar refractivity (Wildman–Crippen MR) is 325 cm³/mol. The van der Waals surface area contributed by atoms with Crippen LogP contribution in [0.2, 0.25) is 0 Å². The number of ether oxygens (including phenoxy) is 4. The van der Waals surface area contributed by atoms with Crippen LogP contribution in [0.5, 0.6) is 0 Å². The Bertz CT molecular complexity index is 5030. The van der Waals surface area contributed by atoms with Gasteiger partial charge in [0, 0.05) is 13.1 Å². The number of hydrogen-bond donors (Lipinski definition) is 18. The normalized spacial score (nSPS) is 24.3. The number of hydrogen-bond acceptors (Lipinski definition) is 54. The van der Waals surface area contributed by atoms with E-state index in [4.69, 9.17) is 18.9 Å². The van der Waals surface area contributed by atoms with Gasteiger partial charge in [0.25, 0.3) is 11.8 Å². The number of carbonyl (C=O) groups is 2. The molecule has 0 spiro atoms. The zero-order chi connectivity index (χ0) is 90.1. The monoisotopic (exact) mass is 2030 g/mol. The Morgan fingerprint density at radius 2 is 0.496 bits per heavy atom. The molecular formula is C27H50N2O70S16. The van der Waals surface area contributed by atoms with Crippen molar-refractivity contribution in [1.82, 2.24) is 10.6 Å². The zero-order valence-electron chi connectivity index (χ0n) is 53.1. The highest BCUT2D eigenvalue weighted by molar-refractivity contribution is 7.84. The lowest BCUT2D eigenvalue weighted by Gasteiger charge is -2.45. The minimum Gasteiger partial charge on any atom is -0.354 e. The van der Waals surface area contributed by atoms with Gasteiger partial charge in [-0.25, -0.2) is 66.9 Å². The van der Waals surface area contributed by atoms with Crippen LogP contribution in [0, 0.1) is 0 Å². The van der Waals surface area contributed by atoms with Gasteiger partial charge >= 0.3 is 166 Å². The Morgan fingerprint density at radius 1 is 0.270 bits per heavy atom. The van der Waals surface area contributed by atoms with E-state index in [-0.39, 0.29) is 0 Å². The first-order valence-electron chi connectivity index (χ1n) is 26.3. The van der Waals surface area contributed by atoms with Gasteiger partial charge in [0.15, 0.2) is 37.0 Å². The van der Waals surface area contributed by atoms with E-state index in [0.29, 0.717) is 0 Å². The fourth-order valence-corrected chi connectivity index (χ4v) is 15.5. The Morgan fingerprint density at radius 3 is 0.713 bits per heavy atom. The highest BCUT2D eigenvalue weighted by atomic mass is 32.3. The standard InChI is InChI=1S/C27H50N2O70S16/c30-24(20(96-112(68,69)70)16(92-108(56,57)58)12(10(88-104(44,45)46)6-82-102(38,39)40)86-26-22(98-114(74,75)76)18(94-110(62,63)64)14(90-106(50,51)52)8(84-26)4-80-100(32,33)34)28-2-1-3-29-25(31)21(97-113(71,72)73)17(93-109(59,60)61)13(11(89-105(47,48)49)7-83-103(41,42)43)87-27-23(99-115(77,78)79)19(95-111(65,66)67)15(91-107(53,54)55)9(85-27)5-81-101(35,36)37/h8-23,26-27H,1-7H2,(H,28,30)(H,29,31)(H,32,33,34)(H,35,36,37)(H,38,39,40)(H,41,42,43)(H,44,45,46)(H,47,48,49)(H,50,51,52)(H,53,54,55)(H,56,57,58)(H,59,60,61)(H,62,63,64)(H,65,66,67)(H,68,69,70)(H,71,72,73)(H,74,75,76)(H,77,78,79)/t8-,9+,10-,11+,12-,13+,14+,15-,16+,17-,18+,19-,20-,21+,22-,23+,26+,27-. The Hall–Kier alpha value is -3.30. The summed E-state index contributed by atoms with van der Waals surface area (Å²) in [7, 11) is -105. The van der Waals surface area contributed by atoms with E-state index in [9.17, 15) is 217 Å². The lowest BCUT2D eigenvalue weighted by Crippen LogP contribution is -2.65. The summed E-state index contributed by atoms with van der Waals surface area (Å²) in [5.41, 5.74) is 0. The second-order valence-electron chi connectivity index (χ2n) is 20.0. The van der Waals surface area contributed by atoms with Crippen molar-refractivity contribution < 1.29 is 303 Å². The van der Waals surface area contributed by atoms with Crippen molar-refractivity contribution in [2.75, 3.05) is 39.5 Å². The maximum atomic E-state index is 14.2. The van der Waals surface area contributed by atoms with Crippen LogP contribution in [-0.2, 0) is 262 Å². The van der Waals surface area contributed by atoms with Gasteiger partial charge in [-0.05, 0) is 6.42 Å². The van der Waals surface area contributed by atoms with Gasteiger partial charge in [-0.1, -0.05) is 0 Å². The topological polar surface area (TPSA) is 1110 Å². The molecule has 2 aliphatic heterocycles. The van der Waals surface area contributed by atoms with Crippen molar-refractivity contribution >= 4 is 178 Å². The fourth-order valence-electron chi connectivity index (χ4n) is 8.39. The highest BCUT2D eigenvalue weighted by Gasteiger charge is 2.60. The van der Waals surface area contributed by atoms with Crippen molar-refractivity contribution in [2.24, 2.45) is 0 Å². The summed E-state index contributed by atoms with van der Waals surface area (Å²) in [6.45, 7) is -13.5. The quantitative estimate of drug-likeness (QED) is 0.0199. The minimum atomic E-state index is -6.97. The van der Waals surface area contributed by atoms with Crippen LogP contribution in [0.1, 0.15) is 6.42 Å². The molecule has 2 amide bonds. The number of amides is 2.